The highest BCUT2D eigenvalue weighted by Crippen LogP contribution is 2.12. The van der Waals surface area contributed by atoms with Crippen molar-refractivity contribution in [2.75, 3.05) is 12.3 Å². The van der Waals surface area contributed by atoms with Crippen molar-refractivity contribution in [1.29, 1.82) is 5.41 Å². The first-order chi connectivity index (χ1) is 7.52. The molecule has 1 rings (SSSR count). The van der Waals surface area contributed by atoms with Crippen LogP contribution in [0.3, 0.4) is 0 Å². The van der Waals surface area contributed by atoms with E-state index in [0.717, 1.165) is 16.8 Å². The molecule has 1 aromatic carbocycles. The first-order valence-electron chi connectivity index (χ1n) is 5.55. The predicted molar refractivity (Wildman–Crippen MR) is 72.2 cm³/mol. The quantitative estimate of drug-likeness (QED) is 0.507. The molecule has 0 saturated heterocycles. The highest BCUT2D eigenvalue weighted by molar-refractivity contribution is 5.96. The number of aryl methyl sites for hydroxylation is 1. The Labute approximate surface area is 98.8 Å². The summed E-state index contributed by atoms with van der Waals surface area (Å²) in [5.74, 6) is 0. The molecule has 0 fully saturated rings. The summed E-state index contributed by atoms with van der Waals surface area (Å²) in [5.41, 5.74) is 8.96. The number of benzene rings is 1. The van der Waals surface area contributed by atoms with Gasteiger partial charge >= 0.3 is 0 Å². The molecule has 1 aromatic rings. The highest BCUT2D eigenvalue weighted by atomic mass is 16.2. The third-order valence-electron chi connectivity index (χ3n) is 1.70. The van der Waals surface area contributed by atoms with Gasteiger partial charge in [0, 0.05) is 18.0 Å². The molecule has 16 heavy (non-hydrogen) atoms. The fourth-order valence-electron chi connectivity index (χ4n) is 0.909. The maximum absolute atomic E-state index is 7.57. The SMILES string of the molecule is CC.CC(=N)c1ccc(N)c(C)c1.CCO. The van der Waals surface area contributed by atoms with E-state index in [2.05, 4.69) is 0 Å². The maximum atomic E-state index is 7.57. The Bertz CT molecular complexity index is 309. The van der Waals surface area contributed by atoms with Crippen LogP contribution < -0.4 is 5.73 Å². The maximum Gasteiger partial charge on any atom is 0.0402 e. The van der Waals surface area contributed by atoms with Crippen LogP contribution in [0, 0.1) is 12.3 Å². The number of hydrogen-bond donors (Lipinski definition) is 3. The Balaban J connectivity index is 0. The summed E-state index contributed by atoms with van der Waals surface area (Å²) in [7, 11) is 0. The molecule has 0 aliphatic heterocycles. The lowest BCUT2D eigenvalue weighted by atomic mass is 10.1. The minimum Gasteiger partial charge on any atom is -0.399 e. The van der Waals surface area contributed by atoms with E-state index in [-0.39, 0.29) is 6.61 Å². The van der Waals surface area contributed by atoms with Crippen molar-refractivity contribution in [3.8, 4) is 0 Å². The Morgan fingerprint density at radius 2 is 1.81 bits per heavy atom. The van der Waals surface area contributed by atoms with Crippen LogP contribution in [0.25, 0.3) is 0 Å². The van der Waals surface area contributed by atoms with E-state index in [0.29, 0.717) is 5.71 Å². The lowest BCUT2D eigenvalue weighted by Crippen LogP contribution is -1.95. The number of nitrogens with one attached hydrogen (secondary N) is 1. The number of hydrogen-bond acceptors (Lipinski definition) is 3. The standard InChI is InChI=1S/C9H12N2.C2H6O.C2H6/c1-6-5-8(7(2)10)3-4-9(6)11;1-2-3;1-2/h3-5,10H,11H2,1-2H3;3H,2H2,1H3;1-2H3. The third-order valence-corrected chi connectivity index (χ3v) is 1.70. The number of nitrogens with two attached hydrogens (primary N) is 1. The molecule has 0 heterocycles. The Hall–Kier alpha value is -1.35. The minimum atomic E-state index is 0.250. The fourth-order valence-corrected chi connectivity index (χ4v) is 0.909. The molecule has 0 aliphatic carbocycles. The second kappa shape index (κ2) is 10.2. The fraction of sp³-hybridized carbons (Fsp3) is 0.462. The van der Waals surface area contributed by atoms with Crippen LogP contribution in [0.5, 0.6) is 0 Å². The summed E-state index contributed by atoms with van der Waals surface area (Å²) in [6.07, 6.45) is 0. The summed E-state index contributed by atoms with van der Waals surface area (Å²) in [6, 6.07) is 5.63. The van der Waals surface area contributed by atoms with Gasteiger partial charge in [-0.2, -0.15) is 0 Å². The van der Waals surface area contributed by atoms with Gasteiger partial charge in [0.25, 0.3) is 0 Å². The van der Waals surface area contributed by atoms with Crippen molar-refractivity contribution >= 4 is 11.4 Å². The van der Waals surface area contributed by atoms with Crippen LogP contribution >= 0.6 is 0 Å². The van der Waals surface area contributed by atoms with Crippen molar-refractivity contribution in [2.24, 2.45) is 0 Å². The lowest BCUT2D eigenvalue weighted by molar-refractivity contribution is 0.318. The molecule has 0 amide bonds. The predicted octanol–water partition coefficient (Wildman–Crippen LogP) is 2.99. The van der Waals surface area contributed by atoms with Crippen LogP contribution in [-0.4, -0.2) is 17.4 Å². The zero-order valence-corrected chi connectivity index (χ0v) is 11.0. The number of aliphatic hydroxyl groups excluding tert-OH is 1. The van der Waals surface area contributed by atoms with Gasteiger partial charge in [-0.1, -0.05) is 19.9 Å². The van der Waals surface area contributed by atoms with E-state index < -0.39 is 0 Å². The van der Waals surface area contributed by atoms with Crippen LogP contribution in [0.4, 0.5) is 5.69 Å². The number of rotatable bonds is 1. The van der Waals surface area contributed by atoms with E-state index in [4.69, 9.17) is 16.2 Å². The number of nitrogen functional groups attached to an aromatic ring is 1. The molecule has 0 atom stereocenters. The average molecular weight is 224 g/mol. The van der Waals surface area contributed by atoms with Gasteiger partial charge in [0.2, 0.25) is 0 Å². The van der Waals surface area contributed by atoms with Crippen molar-refractivity contribution in [3.05, 3.63) is 29.3 Å². The zero-order chi connectivity index (χ0) is 13.1. The monoisotopic (exact) mass is 224 g/mol. The largest absolute Gasteiger partial charge is 0.399 e. The van der Waals surface area contributed by atoms with Gasteiger partial charge in [-0.15, -0.1) is 0 Å². The second-order valence-corrected chi connectivity index (χ2v) is 3.01. The molecule has 0 radical (unpaired) electrons. The Morgan fingerprint density at radius 3 is 2.12 bits per heavy atom. The molecular formula is C13H24N2O. The molecular weight excluding hydrogens is 200 g/mol. The molecule has 0 saturated carbocycles. The van der Waals surface area contributed by atoms with E-state index in [1.54, 1.807) is 13.8 Å². The van der Waals surface area contributed by atoms with Crippen LogP contribution in [-0.2, 0) is 0 Å². The molecule has 3 nitrogen and oxygen atoms in total. The summed E-state index contributed by atoms with van der Waals surface area (Å²) in [5, 5.41) is 14.9. The van der Waals surface area contributed by atoms with Gasteiger partial charge in [0.15, 0.2) is 0 Å². The average Bonchev–Trinajstić information content (AvgIpc) is 2.26. The van der Waals surface area contributed by atoms with Crippen LogP contribution in [0.2, 0.25) is 0 Å². The van der Waals surface area contributed by atoms with Gasteiger partial charge in [0.05, 0.1) is 0 Å². The smallest absolute Gasteiger partial charge is 0.0402 e. The van der Waals surface area contributed by atoms with Crippen molar-refractivity contribution < 1.29 is 5.11 Å². The summed E-state index contributed by atoms with van der Waals surface area (Å²) in [6.45, 7) is 9.65. The van der Waals surface area contributed by atoms with Crippen molar-refractivity contribution in [3.63, 3.8) is 0 Å². The van der Waals surface area contributed by atoms with Crippen LogP contribution in [0.15, 0.2) is 18.2 Å². The summed E-state index contributed by atoms with van der Waals surface area (Å²) in [4.78, 5) is 0. The molecule has 92 valence electrons. The van der Waals surface area contributed by atoms with Crippen LogP contribution in [0.1, 0.15) is 38.8 Å². The Morgan fingerprint density at radius 1 is 1.38 bits per heavy atom. The summed E-state index contributed by atoms with van der Waals surface area (Å²) >= 11 is 0. The third kappa shape index (κ3) is 7.01. The molecule has 0 bridgehead atoms. The van der Waals surface area contributed by atoms with E-state index in [1.807, 2.05) is 39.0 Å². The van der Waals surface area contributed by atoms with E-state index in [1.165, 1.54) is 0 Å². The minimum absolute atomic E-state index is 0.250. The molecule has 0 aromatic heterocycles. The second-order valence-electron chi connectivity index (χ2n) is 3.01. The number of aliphatic hydroxyl groups is 1. The first-order valence-corrected chi connectivity index (χ1v) is 5.55. The highest BCUT2D eigenvalue weighted by Gasteiger charge is 1.97. The normalized spacial score (nSPS) is 8.12. The van der Waals surface area contributed by atoms with Gasteiger partial charge < -0.3 is 16.2 Å². The van der Waals surface area contributed by atoms with Gasteiger partial charge in [-0.25, -0.2) is 0 Å². The van der Waals surface area contributed by atoms with Gasteiger partial charge in [-0.05, 0) is 44.0 Å². The topological polar surface area (TPSA) is 70.1 Å². The first kappa shape index (κ1) is 17.1. The molecule has 0 unspecified atom stereocenters. The Kier molecular flexibility index (Phi) is 10.9. The zero-order valence-electron chi connectivity index (χ0n) is 11.0. The molecule has 4 N–H and O–H groups in total. The van der Waals surface area contributed by atoms with E-state index in [9.17, 15) is 0 Å². The molecule has 0 aliphatic rings. The van der Waals surface area contributed by atoms with Gasteiger partial charge in [0.1, 0.15) is 0 Å². The lowest BCUT2D eigenvalue weighted by Gasteiger charge is -2.02. The number of anilines is 1. The molecule has 3 heteroatoms. The van der Waals surface area contributed by atoms with E-state index >= 15 is 0 Å². The van der Waals surface area contributed by atoms with Gasteiger partial charge in [-0.3, -0.25) is 0 Å². The van der Waals surface area contributed by atoms with Crippen molar-refractivity contribution in [2.45, 2.75) is 34.6 Å². The van der Waals surface area contributed by atoms with Crippen molar-refractivity contribution in [1.82, 2.24) is 0 Å². The molecule has 0 spiro atoms. The summed E-state index contributed by atoms with van der Waals surface area (Å²) < 4.78 is 0.